The van der Waals surface area contributed by atoms with Crippen molar-refractivity contribution < 1.29 is 9.59 Å². The van der Waals surface area contributed by atoms with Gasteiger partial charge in [0.15, 0.2) is 0 Å². The molecule has 0 aromatic heterocycles. The Hall–Kier alpha value is -1.06. The van der Waals surface area contributed by atoms with Gasteiger partial charge >= 0.3 is 0 Å². The van der Waals surface area contributed by atoms with Crippen LogP contribution in [-0.2, 0) is 9.59 Å². The minimum absolute atomic E-state index is 0.0124. The second-order valence-electron chi connectivity index (χ2n) is 6.39. The quantitative estimate of drug-likeness (QED) is 0.828. The summed E-state index contributed by atoms with van der Waals surface area (Å²) in [4.78, 5) is 26.8. The number of carbonyl (C=O) groups excluding carboxylic acids is 2. The van der Waals surface area contributed by atoms with Gasteiger partial charge in [0, 0.05) is 6.54 Å². The number of amides is 2. The van der Waals surface area contributed by atoms with E-state index in [1.165, 1.54) is 12.8 Å². The normalized spacial score (nSPS) is 33.3. The standard InChI is InChI=1S/C15H26N2O2/c1-5-11-12(18)16-14(4,6-2)13(19)17(11)10-15(7-3)8-9-15/h11H,5-10H2,1-4H3,(H,16,18). The molecule has 0 aromatic rings. The highest BCUT2D eigenvalue weighted by atomic mass is 16.2. The molecule has 1 heterocycles. The molecule has 0 spiro atoms. The highest BCUT2D eigenvalue weighted by Gasteiger charge is 2.51. The SMILES string of the molecule is CCC1C(=O)NC(C)(CC)C(=O)N1CC1(CC)CC1. The zero-order valence-corrected chi connectivity index (χ0v) is 12.6. The first-order valence-electron chi connectivity index (χ1n) is 7.54. The number of hydrogen-bond acceptors (Lipinski definition) is 2. The van der Waals surface area contributed by atoms with E-state index in [1.54, 1.807) is 0 Å². The van der Waals surface area contributed by atoms with Crippen molar-refractivity contribution >= 4 is 11.8 Å². The van der Waals surface area contributed by atoms with Gasteiger partial charge in [0.05, 0.1) is 0 Å². The van der Waals surface area contributed by atoms with Gasteiger partial charge in [-0.15, -0.1) is 0 Å². The van der Waals surface area contributed by atoms with Crippen LogP contribution in [0.2, 0.25) is 0 Å². The van der Waals surface area contributed by atoms with Crippen molar-refractivity contribution in [2.45, 2.75) is 71.4 Å². The molecule has 1 saturated heterocycles. The molecule has 2 fully saturated rings. The molecule has 1 N–H and O–H groups in total. The summed E-state index contributed by atoms with van der Waals surface area (Å²) >= 11 is 0. The fourth-order valence-corrected chi connectivity index (χ4v) is 3.00. The first-order valence-corrected chi connectivity index (χ1v) is 7.54. The van der Waals surface area contributed by atoms with Crippen molar-refractivity contribution in [3.05, 3.63) is 0 Å². The highest BCUT2D eigenvalue weighted by molar-refractivity contribution is 5.99. The average Bonchev–Trinajstić information content (AvgIpc) is 3.16. The minimum Gasteiger partial charge on any atom is -0.340 e. The van der Waals surface area contributed by atoms with Crippen molar-refractivity contribution in [2.24, 2.45) is 5.41 Å². The van der Waals surface area contributed by atoms with Crippen LogP contribution in [0.4, 0.5) is 0 Å². The molecular weight excluding hydrogens is 240 g/mol. The van der Waals surface area contributed by atoms with Crippen LogP contribution >= 0.6 is 0 Å². The topological polar surface area (TPSA) is 49.4 Å². The molecule has 1 aliphatic heterocycles. The smallest absolute Gasteiger partial charge is 0.248 e. The van der Waals surface area contributed by atoms with E-state index >= 15 is 0 Å². The Morgan fingerprint density at radius 3 is 2.26 bits per heavy atom. The molecule has 0 radical (unpaired) electrons. The number of hydrogen-bond donors (Lipinski definition) is 1. The maximum Gasteiger partial charge on any atom is 0.248 e. The van der Waals surface area contributed by atoms with Crippen LogP contribution in [0.25, 0.3) is 0 Å². The molecule has 0 aromatic carbocycles. The van der Waals surface area contributed by atoms with E-state index < -0.39 is 5.54 Å². The van der Waals surface area contributed by atoms with E-state index in [1.807, 2.05) is 25.7 Å². The summed E-state index contributed by atoms with van der Waals surface area (Å²) in [5.41, 5.74) is -0.429. The monoisotopic (exact) mass is 266 g/mol. The number of piperazine rings is 1. The fourth-order valence-electron chi connectivity index (χ4n) is 3.00. The lowest BCUT2D eigenvalue weighted by Crippen LogP contribution is -2.69. The van der Waals surface area contributed by atoms with E-state index in [0.717, 1.165) is 13.0 Å². The second kappa shape index (κ2) is 4.80. The van der Waals surface area contributed by atoms with Crippen molar-refractivity contribution in [1.82, 2.24) is 10.2 Å². The molecule has 2 unspecified atom stereocenters. The summed E-state index contributed by atoms with van der Waals surface area (Å²) in [5.74, 6) is 0.111. The molecule has 2 atom stereocenters. The van der Waals surface area contributed by atoms with E-state index in [4.69, 9.17) is 0 Å². The van der Waals surface area contributed by atoms with Gasteiger partial charge in [0.1, 0.15) is 11.6 Å². The number of rotatable bonds is 5. The van der Waals surface area contributed by atoms with Gasteiger partial charge in [0.2, 0.25) is 11.8 Å². The first-order chi connectivity index (χ1) is 8.91. The maximum absolute atomic E-state index is 12.7. The van der Waals surface area contributed by atoms with E-state index in [9.17, 15) is 9.59 Å². The summed E-state index contributed by atoms with van der Waals surface area (Å²) in [6.07, 6.45) is 4.81. The zero-order valence-electron chi connectivity index (χ0n) is 12.6. The predicted octanol–water partition coefficient (Wildman–Crippen LogP) is 2.08. The van der Waals surface area contributed by atoms with Crippen LogP contribution in [-0.4, -0.2) is 34.8 Å². The lowest BCUT2D eigenvalue weighted by atomic mass is 9.89. The fraction of sp³-hybridized carbons (Fsp3) is 0.867. The summed E-state index contributed by atoms with van der Waals surface area (Å²) in [5, 5.41) is 2.92. The van der Waals surface area contributed by atoms with Crippen LogP contribution in [0, 0.1) is 5.41 Å². The Kier molecular flexibility index (Phi) is 3.63. The van der Waals surface area contributed by atoms with Gasteiger partial charge < -0.3 is 10.2 Å². The zero-order chi connectivity index (χ0) is 14.3. The average molecular weight is 266 g/mol. The molecule has 19 heavy (non-hydrogen) atoms. The Bertz CT molecular complexity index is 390. The van der Waals surface area contributed by atoms with E-state index in [2.05, 4.69) is 12.2 Å². The van der Waals surface area contributed by atoms with Crippen LogP contribution in [0.1, 0.15) is 59.8 Å². The molecule has 4 heteroatoms. The third-order valence-corrected chi connectivity index (χ3v) is 5.12. The third-order valence-electron chi connectivity index (χ3n) is 5.12. The van der Waals surface area contributed by atoms with E-state index in [-0.39, 0.29) is 23.3 Å². The number of nitrogens with one attached hydrogen (secondary N) is 1. The van der Waals surface area contributed by atoms with Crippen LogP contribution < -0.4 is 5.32 Å². The Morgan fingerprint density at radius 1 is 1.21 bits per heavy atom. The van der Waals surface area contributed by atoms with Crippen LogP contribution in [0.15, 0.2) is 0 Å². The molecule has 2 rings (SSSR count). The van der Waals surface area contributed by atoms with Crippen molar-refractivity contribution in [3.8, 4) is 0 Å². The van der Waals surface area contributed by atoms with Gasteiger partial charge in [-0.1, -0.05) is 20.8 Å². The van der Waals surface area contributed by atoms with Gasteiger partial charge in [-0.3, -0.25) is 9.59 Å². The van der Waals surface area contributed by atoms with Crippen LogP contribution in [0.3, 0.4) is 0 Å². The number of carbonyl (C=O) groups is 2. The Balaban J connectivity index is 2.24. The van der Waals surface area contributed by atoms with Crippen molar-refractivity contribution in [2.75, 3.05) is 6.54 Å². The molecular formula is C15H26N2O2. The molecule has 2 amide bonds. The molecule has 1 aliphatic carbocycles. The summed E-state index contributed by atoms with van der Waals surface area (Å²) in [7, 11) is 0. The van der Waals surface area contributed by atoms with Gasteiger partial charge in [0.25, 0.3) is 0 Å². The first kappa shape index (κ1) is 14.4. The molecule has 1 saturated carbocycles. The number of nitrogens with zero attached hydrogens (tertiary/aromatic N) is 1. The lowest BCUT2D eigenvalue weighted by molar-refractivity contribution is -0.155. The molecule has 2 aliphatic rings. The Morgan fingerprint density at radius 2 is 1.84 bits per heavy atom. The summed E-state index contributed by atoms with van der Waals surface area (Å²) < 4.78 is 0. The lowest BCUT2D eigenvalue weighted by Gasteiger charge is -2.45. The van der Waals surface area contributed by atoms with Gasteiger partial charge in [-0.25, -0.2) is 0 Å². The molecule has 0 bridgehead atoms. The summed E-state index contributed by atoms with van der Waals surface area (Å²) in [6.45, 7) is 8.71. The van der Waals surface area contributed by atoms with Gasteiger partial charge in [-0.05, 0) is 44.4 Å². The highest BCUT2D eigenvalue weighted by Crippen LogP contribution is 2.50. The largest absolute Gasteiger partial charge is 0.340 e. The van der Waals surface area contributed by atoms with Crippen molar-refractivity contribution in [3.63, 3.8) is 0 Å². The molecule has 4 nitrogen and oxygen atoms in total. The maximum atomic E-state index is 12.7. The predicted molar refractivity (Wildman–Crippen MR) is 74.6 cm³/mol. The summed E-state index contributed by atoms with van der Waals surface area (Å²) in [6, 6.07) is -0.281. The van der Waals surface area contributed by atoms with Crippen molar-refractivity contribution in [1.29, 1.82) is 0 Å². The molecule has 108 valence electrons. The van der Waals surface area contributed by atoms with E-state index in [0.29, 0.717) is 12.8 Å². The minimum atomic E-state index is -0.716. The van der Waals surface area contributed by atoms with Gasteiger partial charge in [-0.2, -0.15) is 0 Å². The third kappa shape index (κ3) is 2.37. The Labute approximate surface area is 115 Å². The second-order valence-corrected chi connectivity index (χ2v) is 6.39. The van der Waals surface area contributed by atoms with Crippen LogP contribution in [0.5, 0.6) is 0 Å².